The standard InChI is InChI=1S/C12H15ClN4O2S/c1-17(8-2-4-14-6-8)20(18,19)10-7-16-12-11(10)9(13)3-5-15-12/h3,5,7-8,14H,2,4,6H2,1H3,(H,15,16). The average Bonchev–Trinajstić information content (AvgIpc) is 3.07. The smallest absolute Gasteiger partial charge is 0.245 e. The first-order valence-electron chi connectivity index (χ1n) is 6.32. The van der Waals surface area contributed by atoms with E-state index in [1.807, 2.05) is 0 Å². The van der Waals surface area contributed by atoms with Gasteiger partial charge in [0.15, 0.2) is 0 Å². The fourth-order valence-electron chi connectivity index (χ4n) is 2.49. The summed E-state index contributed by atoms with van der Waals surface area (Å²) in [5.74, 6) is 0. The minimum absolute atomic E-state index is 0.0274. The van der Waals surface area contributed by atoms with Crippen molar-refractivity contribution in [1.82, 2.24) is 19.6 Å². The molecule has 0 aromatic carbocycles. The van der Waals surface area contributed by atoms with E-state index >= 15 is 0 Å². The predicted octanol–water partition coefficient (Wildman–Crippen LogP) is 1.20. The third kappa shape index (κ3) is 2.10. The second-order valence-corrected chi connectivity index (χ2v) is 7.21. The van der Waals surface area contributed by atoms with Crippen LogP contribution in [0.1, 0.15) is 6.42 Å². The van der Waals surface area contributed by atoms with Crippen LogP contribution in [0.3, 0.4) is 0 Å². The van der Waals surface area contributed by atoms with E-state index in [-0.39, 0.29) is 10.9 Å². The van der Waals surface area contributed by atoms with E-state index in [2.05, 4.69) is 15.3 Å². The molecule has 0 bridgehead atoms. The molecule has 0 saturated carbocycles. The molecule has 3 heterocycles. The molecule has 8 heteroatoms. The molecule has 1 aliphatic heterocycles. The van der Waals surface area contributed by atoms with Gasteiger partial charge in [-0.1, -0.05) is 11.6 Å². The highest BCUT2D eigenvalue weighted by Crippen LogP contribution is 2.30. The summed E-state index contributed by atoms with van der Waals surface area (Å²) in [4.78, 5) is 7.14. The largest absolute Gasteiger partial charge is 0.345 e. The van der Waals surface area contributed by atoms with Gasteiger partial charge >= 0.3 is 0 Å². The molecular formula is C12H15ClN4O2S. The minimum atomic E-state index is -3.59. The SMILES string of the molecule is CN(C1CCNC1)S(=O)(=O)c1c[nH]c2nccc(Cl)c12. The van der Waals surface area contributed by atoms with Crippen LogP contribution in [0.4, 0.5) is 0 Å². The van der Waals surface area contributed by atoms with E-state index in [0.717, 1.165) is 13.0 Å². The zero-order valence-corrected chi connectivity index (χ0v) is 12.5. The highest BCUT2D eigenvalue weighted by molar-refractivity contribution is 7.89. The fraction of sp³-hybridized carbons (Fsp3) is 0.417. The first-order chi connectivity index (χ1) is 9.51. The highest BCUT2D eigenvalue weighted by atomic mass is 35.5. The Morgan fingerprint density at radius 2 is 2.30 bits per heavy atom. The zero-order valence-electron chi connectivity index (χ0n) is 10.9. The summed E-state index contributed by atoms with van der Waals surface area (Å²) in [5.41, 5.74) is 0.481. The van der Waals surface area contributed by atoms with Gasteiger partial charge in [-0.2, -0.15) is 4.31 Å². The number of aromatic amines is 1. The van der Waals surface area contributed by atoms with E-state index in [4.69, 9.17) is 11.6 Å². The molecular weight excluding hydrogens is 300 g/mol. The van der Waals surface area contributed by atoms with Crippen LogP contribution in [0.25, 0.3) is 11.0 Å². The van der Waals surface area contributed by atoms with Gasteiger partial charge in [-0.05, 0) is 19.0 Å². The summed E-state index contributed by atoms with van der Waals surface area (Å²) in [6.07, 6.45) is 3.81. The number of aromatic nitrogens is 2. The first kappa shape index (κ1) is 13.8. The van der Waals surface area contributed by atoms with Gasteiger partial charge in [0.1, 0.15) is 10.5 Å². The van der Waals surface area contributed by atoms with Gasteiger partial charge < -0.3 is 10.3 Å². The van der Waals surface area contributed by atoms with Crippen LogP contribution in [0.15, 0.2) is 23.4 Å². The maximum Gasteiger partial charge on any atom is 0.245 e. The molecule has 2 N–H and O–H groups in total. The number of hydrogen-bond donors (Lipinski definition) is 2. The van der Waals surface area contributed by atoms with Crippen molar-refractivity contribution in [3.05, 3.63) is 23.5 Å². The Balaban J connectivity index is 2.09. The van der Waals surface area contributed by atoms with Gasteiger partial charge in [0.05, 0.1) is 10.4 Å². The van der Waals surface area contributed by atoms with Crippen LogP contribution in [0.2, 0.25) is 5.02 Å². The number of fused-ring (bicyclic) bond motifs is 1. The minimum Gasteiger partial charge on any atom is -0.345 e. The maximum atomic E-state index is 12.7. The van der Waals surface area contributed by atoms with Crippen molar-refractivity contribution in [2.45, 2.75) is 17.4 Å². The summed E-state index contributed by atoms with van der Waals surface area (Å²) in [5, 5.41) is 4.00. The van der Waals surface area contributed by atoms with Crippen molar-refractivity contribution >= 4 is 32.7 Å². The normalized spacial score (nSPS) is 20.1. The van der Waals surface area contributed by atoms with Crippen LogP contribution < -0.4 is 5.32 Å². The molecule has 0 amide bonds. The van der Waals surface area contributed by atoms with Crippen molar-refractivity contribution < 1.29 is 8.42 Å². The Labute approximate surface area is 122 Å². The summed E-state index contributed by atoms with van der Waals surface area (Å²) in [6.45, 7) is 1.50. The Morgan fingerprint density at radius 1 is 1.50 bits per heavy atom. The quantitative estimate of drug-likeness (QED) is 0.892. The van der Waals surface area contributed by atoms with Crippen molar-refractivity contribution in [1.29, 1.82) is 0 Å². The number of hydrogen-bond acceptors (Lipinski definition) is 4. The number of pyridine rings is 1. The lowest BCUT2D eigenvalue weighted by molar-refractivity contribution is 0.388. The van der Waals surface area contributed by atoms with Crippen LogP contribution in [-0.2, 0) is 10.0 Å². The number of likely N-dealkylation sites (N-methyl/N-ethyl adjacent to an activating group) is 1. The van der Waals surface area contributed by atoms with Crippen LogP contribution >= 0.6 is 11.6 Å². The topological polar surface area (TPSA) is 78.1 Å². The molecule has 0 radical (unpaired) electrons. The Morgan fingerprint density at radius 3 is 3.00 bits per heavy atom. The average molecular weight is 315 g/mol. The molecule has 2 aromatic rings. The van der Waals surface area contributed by atoms with Gasteiger partial charge in [-0.3, -0.25) is 0 Å². The molecule has 1 unspecified atom stereocenters. The Bertz CT molecular complexity index is 737. The molecule has 1 saturated heterocycles. The Kier molecular flexibility index (Phi) is 3.45. The molecule has 6 nitrogen and oxygen atoms in total. The van der Waals surface area contributed by atoms with Crippen LogP contribution in [0, 0.1) is 0 Å². The molecule has 2 aromatic heterocycles. The second kappa shape index (κ2) is 5.00. The van der Waals surface area contributed by atoms with Gasteiger partial charge in [-0.15, -0.1) is 0 Å². The summed E-state index contributed by atoms with van der Waals surface area (Å²) >= 11 is 6.12. The maximum absolute atomic E-state index is 12.7. The van der Waals surface area contributed by atoms with Crippen molar-refractivity contribution in [3.63, 3.8) is 0 Å². The molecule has 20 heavy (non-hydrogen) atoms. The summed E-state index contributed by atoms with van der Waals surface area (Å²) in [6, 6.07) is 1.56. The van der Waals surface area contributed by atoms with Gasteiger partial charge in [0.2, 0.25) is 10.0 Å². The van der Waals surface area contributed by atoms with E-state index in [0.29, 0.717) is 22.6 Å². The lowest BCUT2D eigenvalue weighted by atomic mass is 10.3. The van der Waals surface area contributed by atoms with Gasteiger partial charge in [0.25, 0.3) is 0 Å². The number of nitrogens with one attached hydrogen (secondary N) is 2. The van der Waals surface area contributed by atoms with Crippen molar-refractivity contribution in [2.24, 2.45) is 0 Å². The molecule has 1 fully saturated rings. The number of sulfonamides is 1. The predicted molar refractivity (Wildman–Crippen MR) is 77.3 cm³/mol. The number of nitrogens with zero attached hydrogens (tertiary/aromatic N) is 2. The third-order valence-electron chi connectivity index (χ3n) is 3.69. The molecule has 1 atom stereocenters. The molecule has 1 aliphatic rings. The highest BCUT2D eigenvalue weighted by Gasteiger charge is 2.32. The molecule has 0 spiro atoms. The zero-order chi connectivity index (χ0) is 14.3. The second-order valence-electron chi connectivity index (χ2n) is 4.84. The first-order valence-corrected chi connectivity index (χ1v) is 8.14. The fourth-order valence-corrected chi connectivity index (χ4v) is 4.35. The van der Waals surface area contributed by atoms with Gasteiger partial charge in [-0.25, -0.2) is 13.4 Å². The van der Waals surface area contributed by atoms with E-state index in [1.165, 1.54) is 10.5 Å². The van der Waals surface area contributed by atoms with Crippen LogP contribution in [0.5, 0.6) is 0 Å². The summed E-state index contributed by atoms with van der Waals surface area (Å²) < 4.78 is 26.9. The third-order valence-corrected chi connectivity index (χ3v) is 5.94. The van der Waals surface area contributed by atoms with E-state index in [9.17, 15) is 8.42 Å². The van der Waals surface area contributed by atoms with E-state index < -0.39 is 10.0 Å². The lowest BCUT2D eigenvalue weighted by Crippen LogP contribution is -2.38. The monoisotopic (exact) mass is 314 g/mol. The molecule has 3 rings (SSSR count). The number of rotatable bonds is 3. The van der Waals surface area contributed by atoms with Crippen LogP contribution in [-0.4, -0.2) is 48.9 Å². The van der Waals surface area contributed by atoms with Gasteiger partial charge in [0, 0.05) is 32.0 Å². The van der Waals surface area contributed by atoms with Crippen molar-refractivity contribution in [3.8, 4) is 0 Å². The molecule has 108 valence electrons. The molecule has 0 aliphatic carbocycles. The van der Waals surface area contributed by atoms with Crippen molar-refractivity contribution in [2.75, 3.05) is 20.1 Å². The Hall–Kier alpha value is -1.15. The van der Waals surface area contributed by atoms with E-state index in [1.54, 1.807) is 19.3 Å². The number of H-pyrrole nitrogens is 1. The lowest BCUT2D eigenvalue weighted by Gasteiger charge is -2.22. The number of halogens is 1. The summed E-state index contributed by atoms with van der Waals surface area (Å²) in [7, 11) is -1.98.